The van der Waals surface area contributed by atoms with Crippen LogP contribution in [0.2, 0.25) is 0 Å². The Morgan fingerprint density at radius 3 is 0.831 bits per heavy atom. The van der Waals surface area contributed by atoms with E-state index in [-0.39, 0.29) is 67.5 Å². The Labute approximate surface area is 795 Å². The van der Waals surface area contributed by atoms with Crippen LogP contribution < -0.4 is 42.6 Å². The summed E-state index contributed by atoms with van der Waals surface area (Å²) in [4.78, 5) is 58.7. The number of benzene rings is 9. The van der Waals surface area contributed by atoms with Gasteiger partial charge in [0.2, 0.25) is 0 Å². The first-order valence-corrected chi connectivity index (χ1v) is 46.5. The molecule has 1 atom stereocenters. The normalized spacial score (nSPS) is 16.5. The van der Waals surface area contributed by atoms with Gasteiger partial charge in [-0.15, -0.1) is 0 Å². The van der Waals surface area contributed by atoms with Crippen LogP contribution in [0, 0.1) is 27.1 Å². The molecule has 16 rings (SSSR count). The molecule has 7 aliphatic heterocycles. The number of aromatic hydroxyl groups is 4. The molecular weight excluding hydrogens is 1750 g/mol. The summed E-state index contributed by atoms with van der Waals surface area (Å²) >= 11 is 0. The van der Waals surface area contributed by atoms with Crippen molar-refractivity contribution in [2.45, 2.75) is 131 Å². The highest BCUT2D eigenvalue weighted by molar-refractivity contribution is 5.93. The van der Waals surface area contributed by atoms with Crippen molar-refractivity contribution in [2.24, 2.45) is 27.1 Å². The van der Waals surface area contributed by atoms with E-state index in [1.165, 1.54) is 61.4 Å². The number of carboxylic acids is 2. The Morgan fingerprint density at radius 2 is 0.581 bits per heavy atom. The van der Waals surface area contributed by atoms with Crippen molar-refractivity contribution < 1.29 is 140 Å². The molecule has 6 fully saturated rings. The summed E-state index contributed by atoms with van der Waals surface area (Å²) in [6.07, 6.45) is 18.2. The summed E-state index contributed by atoms with van der Waals surface area (Å²) in [5, 5.41) is 53.2. The average Bonchev–Trinajstić information content (AvgIpc) is 0.827. The fourth-order valence-corrected chi connectivity index (χ4v) is 13.6. The van der Waals surface area contributed by atoms with E-state index in [2.05, 4.69) is 34.6 Å². The molecule has 7 heterocycles. The Morgan fingerprint density at radius 1 is 0.309 bits per heavy atom. The zero-order valence-electron chi connectivity index (χ0n) is 78.3. The Kier molecular flexibility index (Phi) is 43.1. The van der Waals surface area contributed by atoms with Gasteiger partial charge in [0, 0.05) is 30.5 Å². The molecule has 0 bridgehead atoms. The number of unbranched alkanes of at least 4 members (excludes halogenated alkanes) is 2. The molecule has 1 unspecified atom stereocenters. The molecular formula is C107H130O29. The quantitative estimate of drug-likeness (QED) is 0.00899. The van der Waals surface area contributed by atoms with Gasteiger partial charge in [-0.2, -0.15) is 0 Å². The summed E-state index contributed by atoms with van der Waals surface area (Å²) in [6, 6.07) is 58.2. The van der Waals surface area contributed by atoms with Crippen LogP contribution in [-0.2, 0) is 42.6 Å². The van der Waals surface area contributed by atoms with Gasteiger partial charge in [-0.1, -0.05) is 34.6 Å². The van der Waals surface area contributed by atoms with Crippen molar-refractivity contribution in [1.82, 2.24) is 0 Å². The van der Waals surface area contributed by atoms with Crippen LogP contribution in [0.25, 0.3) is 0 Å². The van der Waals surface area contributed by atoms with E-state index in [4.69, 9.17) is 111 Å². The van der Waals surface area contributed by atoms with Gasteiger partial charge in [0.05, 0.1) is 176 Å². The molecule has 732 valence electrons. The number of allylic oxidation sites excluding steroid dienone is 1. The summed E-state index contributed by atoms with van der Waals surface area (Å²) in [7, 11) is 0. The van der Waals surface area contributed by atoms with E-state index in [0.29, 0.717) is 110 Å². The van der Waals surface area contributed by atoms with Crippen molar-refractivity contribution >= 4 is 29.8 Å². The minimum atomic E-state index is -0.926. The first kappa shape index (κ1) is 106. The Balaban J connectivity index is 0.000000179. The molecule has 136 heavy (non-hydrogen) atoms. The second-order valence-electron chi connectivity index (χ2n) is 34.5. The number of phenols is 4. The van der Waals surface area contributed by atoms with Gasteiger partial charge >= 0.3 is 29.8 Å². The van der Waals surface area contributed by atoms with Crippen molar-refractivity contribution in [3.8, 4) is 74.7 Å². The lowest BCUT2D eigenvalue weighted by Crippen LogP contribution is -2.46. The number of ether oxygens (including phenoxy) is 18. The maximum absolute atomic E-state index is 12.6. The molecule has 9 aromatic carbocycles. The Bertz CT molecular complexity index is 4950. The van der Waals surface area contributed by atoms with Crippen LogP contribution in [0.5, 0.6) is 74.7 Å². The van der Waals surface area contributed by atoms with Crippen molar-refractivity contribution in [2.75, 3.05) is 139 Å². The van der Waals surface area contributed by atoms with E-state index >= 15 is 0 Å². The molecule has 0 amide bonds. The van der Waals surface area contributed by atoms with E-state index in [1.807, 2.05) is 6.08 Å². The van der Waals surface area contributed by atoms with E-state index < -0.39 is 29.8 Å². The van der Waals surface area contributed by atoms with Crippen LogP contribution in [-0.4, -0.2) is 206 Å². The molecule has 0 radical (unpaired) electrons. The van der Waals surface area contributed by atoms with Crippen molar-refractivity contribution in [3.63, 3.8) is 0 Å². The zero-order chi connectivity index (χ0) is 96.7. The van der Waals surface area contributed by atoms with Crippen LogP contribution in [0.3, 0.4) is 0 Å². The number of rotatable bonds is 40. The third-order valence-electron chi connectivity index (χ3n) is 23.9. The Hall–Kier alpha value is -12.5. The van der Waals surface area contributed by atoms with Gasteiger partial charge in [-0.3, -0.25) is 0 Å². The number of carbonyl (C=O) groups excluding carboxylic acids is 3. The zero-order valence-corrected chi connectivity index (χ0v) is 78.3. The van der Waals surface area contributed by atoms with Gasteiger partial charge < -0.3 is 116 Å². The second-order valence-corrected chi connectivity index (χ2v) is 34.5. The first-order chi connectivity index (χ1) is 65.9. The molecule has 29 nitrogen and oxygen atoms in total. The predicted octanol–water partition coefficient (Wildman–Crippen LogP) is 19.8. The second kappa shape index (κ2) is 55.5. The number of hydrogen-bond acceptors (Lipinski definition) is 27. The smallest absolute Gasteiger partial charge is 0.343 e. The minimum absolute atomic E-state index is 0.0812. The fourth-order valence-electron chi connectivity index (χ4n) is 13.6. The van der Waals surface area contributed by atoms with Gasteiger partial charge in [0.15, 0.2) is 6.29 Å². The SMILES string of the molecule is C1=COCCC1.CCC1(COCCCCOc2ccc(C(=O)O)cc2)COC1.CCC1(COCCCCOc2ccc(C(=O)Oc3ccc(OC(=O)c4ccc(OCC5(CC)COC5)cc4)cc3)cc2)COC1.CCC1(COc2ccc(C(=O)O)cc2)COC1.CCC1(COc2ccc(C(=O)Oc3ccc(O)cc3)cc2)COC1.Oc1ccc(O)cc1.Oc1ccc(OC2CCCCO2)cc1. The van der Waals surface area contributed by atoms with Crippen LogP contribution in [0.1, 0.15) is 176 Å². The average molecular weight is 1880 g/mol. The number of aromatic carboxylic acids is 2. The highest BCUT2D eigenvalue weighted by Crippen LogP contribution is 2.37. The molecule has 0 saturated carbocycles. The topological polar surface area (TPSA) is 373 Å². The summed E-state index contributed by atoms with van der Waals surface area (Å²) in [5.74, 6) is 2.71. The number of hydrogen-bond donors (Lipinski definition) is 6. The molecule has 0 aromatic heterocycles. The summed E-state index contributed by atoms with van der Waals surface area (Å²) < 4.78 is 98.8. The standard InChI is InChI=1S/C36H42O9.C19H20O5.C17H24O5.C13H16O4.C11H14O3.C6H6O2.C5H8O/c1-3-35(22-40-23-35)21-39-19-5-6-20-42-29-11-7-27(8-12-29)33(37)44-31-15-17-32(18-16-31)45-34(38)28-9-13-30(14-10-28)43-26-36(4-2)24-41-25-36;1-2-19(11-22-12-19)13-23-16-7-3-14(4-8-16)18(21)24-17-9-5-15(20)6-10-17;1-2-17(12-21-13-17)11-20-9-3-4-10-22-15-7-5-14(6-8-15)16(18)19;1-2-13(7-16-8-13)9-17-11-5-3-10(4-6-11)12(14)15;12-9-4-6-10(7-5-9)14-11-3-1-2-8-13-11;7-5-1-2-6(8)4-3-5;1-2-4-6-5-3-1/h7-18H,3-6,19-26H2,1-2H3;3-10,20H,2,11-13H2,1H3;5-8H,2-4,9-13H2,1H3,(H,18,19);3-6H,2,7-9H2,1H3,(H,14,15);4-7,11-12H,1-3,8H2;1-4,7-8H;2,4H,1,3,5H2. The van der Waals surface area contributed by atoms with Crippen LogP contribution >= 0.6 is 0 Å². The third-order valence-corrected chi connectivity index (χ3v) is 23.9. The number of carbonyl (C=O) groups is 5. The number of esters is 3. The predicted molar refractivity (Wildman–Crippen MR) is 507 cm³/mol. The lowest BCUT2D eigenvalue weighted by Gasteiger charge is -2.40. The molecule has 0 aliphatic carbocycles. The number of phenolic OH excluding ortho intramolecular Hbond substituents is 4. The molecule has 9 aromatic rings. The highest BCUT2D eigenvalue weighted by Gasteiger charge is 2.41. The molecule has 29 heteroatoms. The van der Waals surface area contributed by atoms with Crippen molar-refractivity contribution in [3.05, 3.63) is 259 Å². The maximum atomic E-state index is 12.6. The molecule has 6 N–H and O–H groups in total. The van der Waals surface area contributed by atoms with E-state index in [0.717, 1.165) is 174 Å². The molecule has 0 spiro atoms. The molecule has 6 saturated heterocycles. The van der Waals surface area contributed by atoms with Crippen LogP contribution in [0.4, 0.5) is 0 Å². The fraction of sp³-hybridized carbons (Fsp3) is 0.430. The highest BCUT2D eigenvalue weighted by atomic mass is 16.7. The number of carboxylic acid groups (broad SMARTS) is 2. The van der Waals surface area contributed by atoms with Gasteiger partial charge in [-0.05, 0) is 308 Å². The monoisotopic (exact) mass is 1880 g/mol. The van der Waals surface area contributed by atoms with Gasteiger partial charge in [-0.25, -0.2) is 24.0 Å². The first-order valence-electron chi connectivity index (χ1n) is 46.5. The maximum Gasteiger partial charge on any atom is 0.343 e. The lowest BCUT2D eigenvalue weighted by atomic mass is 9.84. The molecule has 7 aliphatic rings. The summed E-state index contributed by atoms with van der Waals surface area (Å²) in [6.45, 7) is 26.0. The van der Waals surface area contributed by atoms with Crippen LogP contribution in [0.15, 0.2) is 231 Å². The lowest BCUT2D eigenvalue weighted by molar-refractivity contribution is -0.150. The van der Waals surface area contributed by atoms with Gasteiger partial charge in [0.1, 0.15) is 74.7 Å². The minimum Gasteiger partial charge on any atom is -0.508 e. The third kappa shape index (κ3) is 35.7. The van der Waals surface area contributed by atoms with E-state index in [1.54, 1.807) is 176 Å². The van der Waals surface area contributed by atoms with Gasteiger partial charge in [0.25, 0.3) is 0 Å². The summed E-state index contributed by atoms with van der Waals surface area (Å²) in [5.41, 5.74) is 2.59. The van der Waals surface area contributed by atoms with E-state index in [9.17, 15) is 29.1 Å². The largest absolute Gasteiger partial charge is 0.508 e. The van der Waals surface area contributed by atoms with Crippen molar-refractivity contribution in [1.29, 1.82) is 0 Å².